The normalized spacial score (nSPS) is 20.0. The second-order valence-electron chi connectivity index (χ2n) is 7.44. The number of carbonyl (C=O) groups excluding carboxylic acids is 3. The van der Waals surface area contributed by atoms with Gasteiger partial charge in [-0.05, 0) is 42.7 Å². The van der Waals surface area contributed by atoms with E-state index in [0.29, 0.717) is 12.8 Å². The summed E-state index contributed by atoms with van der Waals surface area (Å²) >= 11 is 3.36. The van der Waals surface area contributed by atoms with Crippen molar-refractivity contribution in [2.45, 2.75) is 19.4 Å². The number of non-ortho nitro benzene ring substituents is 1. The molecular formula is C22H18BrN3O5. The van der Waals surface area contributed by atoms with Gasteiger partial charge in [-0.25, -0.2) is 5.01 Å². The third-order valence-corrected chi connectivity index (χ3v) is 6.06. The minimum atomic E-state index is -0.578. The molecule has 158 valence electrons. The van der Waals surface area contributed by atoms with Crippen LogP contribution in [0.4, 0.5) is 5.69 Å². The summed E-state index contributed by atoms with van der Waals surface area (Å²) in [6, 6.07) is 12.3. The molecule has 31 heavy (non-hydrogen) atoms. The SMILES string of the molecule is O=C(c1ccc([N+](=O)[O-])cc1)N(Cc1ccc(Br)cc1)N1C(=O)[C@H]2CC=CC[C@@H]2C1=O. The Bertz CT molecular complexity index is 1060. The van der Waals surface area contributed by atoms with Gasteiger partial charge in [-0.15, -0.1) is 0 Å². The number of imide groups is 1. The van der Waals surface area contributed by atoms with Crippen LogP contribution in [-0.4, -0.2) is 32.7 Å². The lowest BCUT2D eigenvalue weighted by Crippen LogP contribution is -2.49. The molecule has 8 nitrogen and oxygen atoms in total. The highest BCUT2D eigenvalue weighted by Gasteiger charge is 2.50. The van der Waals surface area contributed by atoms with Crippen molar-refractivity contribution in [2.75, 3.05) is 0 Å². The molecule has 2 aromatic carbocycles. The number of benzene rings is 2. The van der Waals surface area contributed by atoms with Crippen LogP contribution in [0.25, 0.3) is 0 Å². The predicted molar refractivity (Wildman–Crippen MR) is 114 cm³/mol. The van der Waals surface area contributed by atoms with Gasteiger partial charge in [-0.3, -0.25) is 24.5 Å². The smallest absolute Gasteiger partial charge is 0.272 e. The third-order valence-electron chi connectivity index (χ3n) is 5.53. The average Bonchev–Trinajstić information content (AvgIpc) is 3.03. The molecule has 1 aliphatic heterocycles. The fourth-order valence-corrected chi connectivity index (χ4v) is 4.16. The topological polar surface area (TPSA) is 101 Å². The van der Waals surface area contributed by atoms with Crippen LogP contribution in [0.3, 0.4) is 0 Å². The summed E-state index contributed by atoms with van der Waals surface area (Å²) in [4.78, 5) is 49.9. The summed E-state index contributed by atoms with van der Waals surface area (Å²) in [7, 11) is 0. The molecule has 3 amide bonds. The van der Waals surface area contributed by atoms with Crippen LogP contribution in [0, 0.1) is 22.0 Å². The van der Waals surface area contributed by atoms with Crippen molar-refractivity contribution in [1.29, 1.82) is 0 Å². The van der Waals surface area contributed by atoms with E-state index in [9.17, 15) is 24.5 Å². The van der Waals surface area contributed by atoms with Crippen molar-refractivity contribution in [3.8, 4) is 0 Å². The summed E-state index contributed by atoms with van der Waals surface area (Å²) in [5.74, 6) is -2.33. The quantitative estimate of drug-likeness (QED) is 0.278. The third kappa shape index (κ3) is 4.00. The predicted octanol–water partition coefficient (Wildman–Crippen LogP) is 3.87. The number of hydrazine groups is 1. The number of nitrogens with zero attached hydrogens (tertiary/aromatic N) is 3. The molecule has 0 N–H and O–H groups in total. The highest BCUT2D eigenvalue weighted by molar-refractivity contribution is 9.10. The van der Waals surface area contributed by atoms with Gasteiger partial charge in [0.25, 0.3) is 23.4 Å². The molecule has 0 aromatic heterocycles. The second kappa shape index (κ2) is 8.43. The van der Waals surface area contributed by atoms with Crippen molar-refractivity contribution in [3.63, 3.8) is 0 Å². The Hall–Kier alpha value is -3.33. The molecular weight excluding hydrogens is 466 g/mol. The van der Waals surface area contributed by atoms with E-state index in [1.807, 2.05) is 12.2 Å². The Labute approximate surface area is 186 Å². The molecule has 1 fully saturated rings. The molecule has 0 radical (unpaired) electrons. The van der Waals surface area contributed by atoms with E-state index >= 15 is 0 Å². The van der Waals surface area contributed by atoms with Crippen LogP contribution >= 0.6 is 15.9 Å². The molecule has 0 saturated carbocycles. The van der Waals surface area contributed by atoms with E-state index in [-0.39, 0.29) is 17.8 Å². The average molecular weight is 484 g/mol. The molecule has 2 aliphatic rings. The Morgan fingerprint density at radius 1 is 1.00 bits per heavy atom. The number of fused-ring (bicyclic) bond motifs is 1. The Balaban J connectivity index is 1.69. The highest BCUT2D eigenvalue weighted by atomic mass is 79.9. The zero-order valence-electron chi connectivity index (χ0n) is 16.3. The summed E-state index contributed by atoms with van der Waals surface area (Å²) in [6.07, 6.45) is 4.69. The van der Waals surface area contributed by atoms with E-state index in [2.05, 4.69) is 15.9 Å². The number of nitro benzene ring substituents is 1. The lowest BCUT2D eigenvalue weighted by Gasteiger charge is -2.30. The first-order chi connectivity index (χ1) is 14.9. The number of carbonyl (C=O) groups is 3. The van der Waals surface area contributed by atoms with Crippen molar-refractivity contribution >= 4 is 39.3 Å². The van der Waals surface area contributed by atoms with Crippen LogP contribution < -0.4 is 0 Å². The Morgan fingerprint density at radius 3 is 2.06 bits per heavy atom. The molecule has 1 saturated heterocycles. The molecule has 1 aliphatic carbocycles. The lowest BCUT2D eigenvalue weighted by atomic mass is 9.85. The van der Waals surface area contributed by atoms with E-state index in [0.717, 1.165) is 20.1 Å². The molecule has 9 heteroatoms. The fraction of sp³-hybridized carbons (Fsp3) is 0.227. The minimum absolute atomic E-state index is 0.00739. The first-order valence-electron chi connectivity index (χ1n) is 9.70. The van der Waals surface area contributed by atoms with Crippen molar-refractivity contribution in [1.82, 2.24) is 10.0 Å². The van der Waals surface area contributed by atoms with Crippen LogP contribution in [0.2, 0.25) is 0 Å². The molecule has 1 heterocycles. The number of rotatable bonds is 5. The number of amides is 3. The van der Waals surface area contributed by atoms with Gasteiger partial charge in [0.05, 0.1) is 23.3 Å². The molecule has 2 aromatic rings. The maximum Gasteiger partial charge on any atom is 0.273 e. The number of allylic oxidation sites excluding steroid dienone is 2. The van der Waals surface area contributed by atoms with Gasteiger partial charge < -0.3 is 0 Å². The first kappa shape index (κ1) is 20.9. The van der Waals surface area contributed by atoms with Gasteiger partial charge in [-0.1, -0.05) is 40.2 Å². The summed E-state index contributed by atoms with van der Waals surface area (Å²) < 4.78 is 0.856. The summed E-state index contributed by atoms with van der Waals surface area (Å²) in [5, 5.41) is 13.0. The van der Waals surface area contributed by atoms with Crippen LogP contribution in [0.15, 0.2) is 65.2 Å². The Morgan fingerprint density at radius 2 is 1.55 bits per heavy atom. The maximum atomic E-state index is 13.4. The lowest BCUT2D eigenvalue weighted by molar-refractivity contribution is -0.384. The van der Waals surface area contributed by atoms with Crippen molar-refractivity contribution in [2.24, 2.45) is 11.8 Å². The Kier molecular flexibility index (Phi) is 5.69. The van der Waals surface area contributed by atoms with Gasteiger partial charge in [0, 0.05) is 22.2 Å². The van der Waals surface area contributed by atoms with Gasteiger partial charge >= 0.3 is 0 Å². The largest absolute Gasteiger partial charge is 0.273 e. The van der Waals surface area contributed by atoms with Crippen LogP contribution in [0.5, 0.6) is 0 Å². The monoisotopic (exact) mass is 483 g/mol. The summed E-state index contributed by atoms with van der Waals surface area (Å²) in [5.41, 5.74) is 0.727. The number of hydrogen-bond donors (Lipinski definition) is 0. The van der Waals surface area contributed by atoms with Gasteiger partial charge in [-0.2, -0.15) is 5.01 Å². The highest BCUT2D eigenvalue weighted by Crippen LogP contribution is 2.36. The zero-order chi connectivity index (χ0) is 22.1. The van der Waals surface area contributed by atoms with Crippen LogP contribution in [-0.2, 0) is 16.1 Å². The fourth-order valence-electron chi connectivity index (χ4n) is 3.89. The molecule has 0 bridgehead atoms. The van der Waals surface area contributed by atoms with Gasteiger partial charge in [0.1, 0.15) is 0 Å². The maximum absolute atomic E-state index is 13.4. The van der Waals surface area contributed by atoms with E-state index < -0.39 is 34.5 Å². The van der Waals surface area contributed by atoms with Crippen molar-refractivity contribution in [3.05, 3.63) is 86.4 Å². The van der Waals surface area contributed by atoms with E-state index in [1.54, 1.807) is 24.3 Å². The van der Waals surface area contributed by atoms with Gasteiger partial charge in [0.15, 0.2) is 0 Å². The van der Waals surface area contributed by atoms with E-state index in [1.165, 1.54) is 24.3 Å². The number of halogens is 1. The summed E-state index contributed by atoms with van der Waals surface area (Å²) in [6.45, 7) is 0.00739. The molecule has 4 rings (SSSR count). The minimum Gasteiger partial charge on any atom is -0.272 e. The molecule has 0 unspecified atom stereocenters. The second-order valence-corrected chi connectivity index (χ2v) is 8.35. The van der Waals surface area contributed by atoms with Crippen LogP contribution in [0.1, 0.15) is 28.8 Å². The van der Waals surface area contributed by atoms with Crippen molar-refractivity contribution < 1.29 is 19.3 Å². The molecule has 2 atom stereocenters. The standard InChI is InChI=1S/C22H18BrN3O5/c23-16-9-5-14(6-10-16)13-24(20(27)15-7-11-17(12-8-15)26(30)31)25-21(28)18-3-1-2-4-19(18)22(25)29/h1-2,5-12,18-19H,3-4,13H2/t18-,19-/m0/s1. The zero-order valence-corrected chi connectivity index (χ0v) is 17.9. The molecule has 0 spiro atoms. The number of nitro groups is 1. The van der Waals surface area contributed by atoms with E-state index in [4.69, 9.17) is 0 Å². The number of hydrogen-bond acceptors (Lipinski definition) is 5. The first-order valence-corrected chi connectivity index (χ1v) is 10.5. The van der Waals surface area contributed by atoms with Gasteiger partial charge in [0.2, 0.25) is 0 Å².